The highest BCUT2D eigenvalue weighted by Gasteiger charge is 2.21. The lowest BCUT2D eigenvalue weighted by molar-refractivity contribution is 0.864. The van der Waals surface area contributed by atoms with Crippen molar-refractivity contribution in [3.8, 4) is 17.1 Å². The van der Waals surface area contributed by atoms with Crippen molar-refractivity contribution in [2.75, 3.05) is 13.3 Å². The monoisotopic (exact) mass is 385 g/mol. The standard InChI is InChI=1S/C18H16ClN5OS/c1-21-15(20)14-17(25)23-16(11-7-9-22-10-8-11)24(18(14)26-2)13-5-3-12(19)4-6-13/h3-10H,1-2H3,(H2,20,21). The van der Waals surface area contributed by atoms with E-state index in [1.165, 1.54) is 11.8 Å². The molecule has 0 aliphatic rings. The van der Waals surface area contributed by atoms with Gasteiger partial charge in [0.1, 0.15) is 17.2 Å². The lowest BCUT2D eigenvalue weighted by Crippen LogP contribution is -2.29. The first-order valence-corrected chi connectivity index (χ1v) is 9.27. The van der Waals surface area contributed by atoms with Crippen LogP contribution in [0.25, 0.3) is 17.1 Å². The molecule has 6 nitrogen and oxygen atoms in total. The second-order valence-corrected chi connectivity index (χ2v) is 6.51. The molecule has 0 atom stereocenters. The molecule has 0 radical (unpaired) electrons. The zero-order chi connectivity index (χ0) is 18.7. The molecule has 0 amide bonds. The maximum atomic E-state index is 12.7. The Kier molecular flexibility index (Phi) is 5.39. The Balaban J connectivity index is 2.43. The van der Waals surface area contributed by atoms with Crippen LogP contribution < -0.4 is 11.3 Å². The minimum atomic E-state index is -0.422. The van der Waals surface area contributed by atoms with Crippen LogP contribution in [0.2, 0.25) is 5.02 Å². The van der Waals surface area contributed by atoms with Gasteiger partial charge in [0, 0.05) is 35.7 Å². The Hall–Kier alpha value is -2.64. The van der Waals surface area contributed by atoms with Gasteiger partial charge in [-0.25, -0.2) is 0 Å². The maximum absolute atomic E-state index is 12.7. The van der Waals surface area contributed by atoms with Crippen LogP contribution in [0.15, 0.2) is 63.6 Å². The number of thioether (sulfide) groups is 1. The highest BCUT2D eigenvalue weighted by molar-refractivity contribution is 7.98. The summed E-state index contributed by atoms with van der Waals surface area (Å²) in [4.78, 5) is 25.0. The maximum Gasteiger partial charge on any atom is 0.285 e. The first kappa shape index (κ1) is 18.2. The Morgan fingerprint density at radius 2 is 1.85 bits per heavy atom. The predicted octanol–water partition coefficient (Wildman–Crippen LogP) is 3.00. The Bertz CT molecular complexity index is 1020. The first-order valence-electron chi connectivity index (χ1n) is 7.66. The van der Waals surface area contributed by atoms with Crippen LogP contribution in [-0.4, -0.2) is 33.7 Å². The van der Waals surface area contributed by atoms with Gasteiger partial charge in [-0.2, -0.15) is 4.98 Å². The molecule has 3 rings (SSSR count). The van der Waals surface area contributed by atoms with E-state index in [0.29, 0.717) is 15.9 Å². The van der Waals surface area contributed by atoms with E-state index in [0.717, 1.165) is 11.3 Å². The minimum Gasteiger partial charge on any atom is -0.383 e. The molecule has 8 heteroatoms. The zero-order valence-electron chi connectivity index (χ0n) is 14.2. The van der Waals surface area contributed by atoms with Gasteiger partial charge in [0.05, 0.1) is 5.03 Å². The smallest absolute Gasteiger partial charge is 0.285 e. The Labute approximate surface area is 159 Å². The predicted molar refractivity (Wildman–Crippen MR) is 107 cm³/mol. The molecule has 0 saturated carbocycles. The van der Waals surface area contributed by atoms with E-state index in [1.807, 2.05) is 23.0 Å². The Morgan fingerprint density at radius 3 is 2.42 bits per heavy atom. The quantitative estimate of drug-likeness (QED) is 0.323. The van der Waals surface area contributed by atoms with Crippen LogP contribution in [0.5, 0.6) is 0 Å². The molecule has 0 bridgehead atoms. The van der Waals surface area contributed by atoms with Crippen LogP contribution >= 0.6 is 23.4 Å². The molecule has 1 aromatic carbocycles. The fourth-order valence-corrected chi connectivity index (χ4v) is 3.45. The van der Waals surface area contributed by atoms with Crippen molar-refractivity contribution in [1.82, 2.24) is 14.5 Å². The number of hydrogen-bond acceptors (Lipinski definition) is 5. The summed E-state index contributed by atoms with van der Waals surface area (Å²) in [6.07, 6.45) is 5.19. The van der Waals surface area contributed by atoms with E-state index in [-0.39, 0.29) is 11.4 Å². The third-order valence-electron chi connectivity index (χ3n) is 3.76. The molecule has 0 fully saturated rings. The molecule has 0 saturated heterocycles. The SMILES string of the molecule is CN=C(N)c1c(SC)n(-c2ccc(Cl)cc2)c(-c2ccncc2)nc1=O. The van der Waals surface area contributed by atoms with Crippen LogP contribution in [-0.2, 0) is 0 Å². The van der Waals surface area contributed by atoms with Crippen molar-refractivity contribution in [1.29, 1.82) is 0 Å². The summed E-state index contributed by atoms with van der Waals surface area (Å²) in [7, 11) is 1.54. The summed E-state index contributed by atoms with van der Waals surface area (Å²) in [5.74, 6) is 0.646. The van der Waals surface area contributed by atoms with Gasteiger partial charge in [0.15, 0.2) is 0 Å². The van der Waals surface area contributed by atoms with Crippen LogP contribution in [0.4, 0.5) is 0 Å². The molecule has 0 spiro atoms. The molecule has 0 aliphatic carbocycles. The summed E-state index contributed by atoms with van der Waals surface area (Å²) in [6, 6.07) is 10.9. The van der Waals surface area contributed by atoms with Crippen LogP contribution in [0.3, 0.4) is 0 Å². The third-order valence-corrected chi connectivity index (χ3v) is 4.79. The van der Waals surface area contributed by atoms with Crippen molar-refractivity contribution < 1.29 is 0 Å². The fourth-order valence-electron chi connectivity index (χ4n) is 2.55. The average molecular weight is 386 g/mol. The summed E-state index contributed by atoms with van der Waals surface area (Å²) in [6.45, 7) is 0. The number of nitrogens with two attached hydrogens (primary N) is 1. The van der Waals surface area contributed by atoms with Gasteiger partial charge < -0.3 is 5.73 Å². The van der Waals surface area contributed by atoms with E-state index in [4.69, 9.17) is 17.3 Å². The summed E-state index contributed by atoms with van der Waals surface area (Å²) < 4.78 is 1.88. The van der Waals surface area contributed by atoms with E-state index in [2.05, 4.69) is 15.0 Å². The lowest BCUT2D eigenvalue weighted by atomic mass is 10.2. The number of pyridine rings is 1. The van der Waals surface area contributed by atoms with Crippen molar-refractivity contribution in [3.63, 3.8) is 0 Å². The van der Waals surface area contributed by atoms with Crippen molar-refractivity contribution >= 4 is 29.2 Å². The normalized spacial score (nSPS) is 11.6. The zero-order valence-corrected chi connectivity index (χ0v) is 15.8. The second kappa shape index (κ2) is 7.72. The van der Waals surface area contributed by atoms with Crippen molar-refractivity contribution in [3.05, 3.63) is 69.7 Å². The Morgan fingerprint density at radius 1 is 1.19 bits per heavy atom. The van der Waals surface area contributed by atoms with E-state index < -0.39 is 5.56 Å². The molecule has 132 valence electrons. The number of hydrogen-bond donors (Lipinski definition) is 1. The molecule has 2 heterocycles. The van der Waals surface area contributed by atoms with Crippen LogP contribution in [0, 0.1) is 0 Å². The van der Waals surface area contributed by atoms with E-state index >= 15 is 0 Å². The first-order chi connectivity index (χ1) is 12.6. The number of halogens is 1. The average Bonchev–Trinajstić information content (AvgIpc) is 2.68. The van der Waals surface area contributed by atoms with Gasteiger partial charge in [-0.1, -0.05) is 11.6 Å². The molecule has 0 unspecified atom stereocenters. The largest absolute Gasteiger partial charge is 0.383 e. The topological polar surface area (TPSA) is 86.2 Å². The summed E-state index contributed by atoms with van der Waals surface area (Å²) in [5, 5.41) is 1.27. The molecule has 2 N–H and O–H groups in total. The van der Waals surface area contributed by atoms with Crippen molar-refractivity contribution in [2.24, 2.45) is 10.7 Å². The van der Waals surface area contributed by atoms with Gasteiger partial charge in [-0.05, 0) is 42.7 Å². The lowest BCUT2D eigenvalue weighted by Gasteiger charge is -2.19. The number of nitrogens with zero attached hydrogens (tertiary/aromatic N) is 4. The fraction of sp³-hybridized carbons (Fsp3) is 0.111. The molecule has 0 aliphatic heterocycles. The van der Waals surface area contributed by atoms with Gasteiger partial charge in [-0.15, -0.1) is 11.8 Å². The molecular formula is C18H16ClN5OS. The minimum absolute atomic E-state index is 0.149. The van der Waals surface area contributed by atoms with Gasteiger partial charge >= 0.3 is 0 Å². The van der Waals surface area contributed by atoms with Gasteiger partial charge in [0.2, 0.25) is 0 Å². The summed E-state index contributed by atoms with van der Waals surface area (Å²) in [5.41, 5.74) is 7.42. The third kappa shape index (κ3) is 3.36. The number of aliphatic imine (C=N–C) groups is 1. The highest BCUT2D eigenvalue weighted by Crippen LogP contribution is 2.29. The van der Waals surface area contributed by atoms with Gasteiger partial charge in [-0.3, -0.25) is 19.3 Å². The number of aromatic nitrogens is 3. The van der Waals surface area contributed by atoms with E-state index in [9.17, 15) is 4.79 Å². The second-order valence-electron chi connectivity index (χ2n) is 5.28. The number of rotatable bonds is 4. The molecule has 2 aromatic heterocycles. The van der Waals surface area contributed by atoms with Crippen LogP contribution in [0.1, 0.15) is 5.56 Å². The molecule has 3 aromatic rings. The van der Waals surface area contributed by atoms with Gasteiger partial charge in [0.25, 0.3) is 5.56 Å². The van der Waals surface area contributed by atoms with E-state index in [1.54, 1.807) is 43.7 Å². The highest BCUT2D eigenvalue weighted by atomic mass is 35.5. The molecular weight excluding hydrogens is 370 g/mol. The number of amidine groups is 1. The molecule has 26 heavy (non-hydrogen) atoms. The summed E-state index contributed by atoms with van der Waals surface area (Å²) >= 11 is 7.43. The number of benzene rings is 1. The van der Waals surface area contributed by atoms with Crippen molar-refractivity contribution in [2.45, 2.75) is 5.03 Å².